The molecule has 2 aromatic heterocycles. The molecule has 0 bridgehead atoms. The molecule has 4 aromatic rings. The maximum Gasteiger partial charge on any atom is 0.339 e. The lowest BCUT2D eigenvalue weighted by molar-refractivity contribution is -0.119. The molecule has 8 nitrogen and oxygen atoms in total. The predicted molar refractivity (Wildman–Crippen MR) is 147 cm³/mol. The van der Waals surface area contributed by atoms with Crippen LogP contribution in [-0.4, -0.2) is 33.2 Å². The Balaban J connectivity index is 1.35. The molecular weight excluding hydrogens is 480 g/mol. The second kappa shape index (κ2) is 10.3. The molecule has 1 atom stereocenters. The number of benzene rings is 2. The van der Waals surface area contributed by atoms with E-state index < -0.39 is 18.5 Å². The first kappa shape index (κ1) is 25.4. The molecule has 5 rings (SSSR count). The van der Waals surface area contributed by atoms with Crippen LogP contribution in [0.3, 0.4) is 0 Å². The Morgan fingerprint density at radius 1 is 1.13 bits per heavy atom. The predicted octanol–water partition coefficient (Wildman–Crippen LogP) is 5.05. The summed E-state index contributed by atoms with van der Waals surface area (Å²) in [6, 6.07) is 17.9. The van der Waals surface area contributed by atoms with Crippen molar-refractivity contribution in [3.05, 3.63) is 87.8 Å². The Labute approximate surface area is 221 Å². The molecule has 0 radical (unpaired) electrons. The Morgan fingerprint density at radius 3 is 2.63 bits per heavy atom. The lowest BCUT2D eigenvalue weighted by atomic mass is 9.68. The van der Waals surface area contributed by atoms with Crippen molar-refractivity contribution in [3.8, 4) is 5.69 Å². The van der Waals surface area contributed by atoms with Gasteiger partial charge in [-0.2, -0.15) is 0 Å². The van der Waals surface area contributed by atoms with Gasteiger partial charge in [0, 0.05) is 17.1 Å². The van der Waals surface area contributed by atoms with E-state index in [2.05, 4.69) is 31.2 Å². The van der Waals surface area contributed by atoms with E-state index in [9.17, 15) is 14.4 Å². The van der Waals surface area contributed by atoms with Gasteiger partial charge in [0.1, 0.15) is 5.82 Å². The van der Waals surface area contributed by atoms with Crippen LogP contribution in [0.2, 0.25) is 0 Å². The highest BCUT2D eigenvalue weighted by Crippen LogP contribution is 2.41. The molecule has 2 N–H and O–H groups in total. The number of aromatic nitrogens is 3. The van der Waals surface area contributed by atoms with Gasteiger partial charge in [-0.05, 0) is 54.4 Å². The lowest BCUT2D eigenvalue weighted by Gasteiger charge is -2.37. The number of aryl methyl sites for hydroxylation is 1. The number of ether oxygens (including phenoxy) is 1. The van der Waals surface area contributed by atoms with Gasteiger partial charge in [-0.15, -0.1) is 0 Å². The molecule has 1 unspecified atom stereocenters. The van der Waals surface area contributed by atoms with Gasteiger partial charge in [0.15, 0.2) is 6.61 Å². The summed E-state index contributed by atoms with van der Waals surface area (Å²) in [5.74, 6) is -0.447. The number of fused-ring (bicyclic) bond motifs is 2. The van der Waals surface area contributed by atoms with E-state index in [-0.39, 0.29) is 16.8 Å². The fourth-order valence-electron chi connectivity index (χ4n) is 5.20. The minimum atomic E-state index is -0.544. The van der Waals surface area contributed by atoms with Crippen LogP contribution in [-0.2, 0) is 22.4 Å². The third-order valence-corrected chi connectivity index (χ3v) is 7.82. The van der Waals surface area contributed by atoms with Crippen LogP contribution in [0.15, 0.2) is 65.5 Å². The molecule has 1 amide bonds. The molecule has 1 aliphatic rings. The van der Waals surface area contributed by atoms with E-state index in [4.69, 9.17) is 9.72 Å². The van der Waals surface area contributed by atoms with Gasteiger partial charge in [-0.1, -0.05) is 63.6 Å². The first-order valence-corrected chi connectivity index (χ1v) is 13.0. The summed E-state index contributed by atoms with van der Waals surface area (Å²) < 4.78 is 6.85. The number of nitrogens with zero attached hydrogens (tertiary/aromatic N) is 2. The van der Waals surface area contributed by atoms with Crippen molar-refractivity contribution in [2.75, 3.05) is 11.9 Å². The number of esters is 1. The van der Waals surface area contributed by atoms with Crippen molar-refractivity contribution in [2.24, 2.45) is 11.3 Å². The largest absolute Gasteiger partial charge is 0.452 e. The number of hydrogen-bond acceptors (Lipinski definition) is 5. The number of aromatic amines is 1. The van der Waals surface area contributed by atoms with Gasteiger partial charge in [0.05, 0.1) is 16.8 Å². The highest BCUT2D eigenvalue weighted by Gasteiger charge is 2.34. The molecule has 0 aliphatic heterocycles. The van der Waals surface area contributed by atoms with E-state index in [1.165, 1.54) is 10.7 Å². The normalized spacial score (nSPS) is 15.2. The molecule has 38 heavy (non-hydrogen) atoms. The number of rotatable bonds is 7. The number of pyridine rings is 1. The monoisotopic (exact) mass is 512 g/mol. The number of carbonyl (C=O) groups excluding carboxylic acids is 2. The van der Waals surface area contributed by atoms with E-state index in [0.717, 1.165) is 47.8 Å². The van der Waals surface area contributed by atoms with E-state index in [1.54, 1.807) is 12.1 Å². The number of anilines is 1. The summed E-state index contributed by atoms with van der Waals surface area (Å²) in [5, 5.41) is 6.20. The van der Waals surface area contributed by atoms with Gasteiger partial charge in [0.25, 0.3) is 11.5 Å². The molecular formula is C30H32N4O4. The van der Waals surface area contributed by atoms with Crippen LogP contribution < -0.4 is 10.9 Å². The molecule has 0 saturated heterocycles. The molecule has 2 heterocycles. The second-order valence-electron chi connectivity index (χ2n) is 10.5. The lowest BCUT2D eigenvalue weighted by Crippen LogP contribution is -2.31. The zero-order valence-corrected chi connectivity index (χ0v) is 21.9. The van der Waals surface area contributed by atoms with Gasteiger partial charge in [0.2, 0.25) is 0 Å². The van der Waals surface area contributed by atoms with Crippen LogP contribution in [0.4, 0.5) is 5.82 Å². The zero-order valence-electron chi connectivity index (χ0n) is 21.9. The summed E-state index contributed by atoms with van der Waals surface area (Å²) >= 11 is 0. The van der Waals surface area contributed by atoms with Gasteiger partial charge in [-0.3, -0.25) is 19.7 Å². The van der Waals surface area contributed by atoms with Crippen molar-refractivity contribution in [1.29, 1.82) is 0 Å². The molecule has 8 heteroatoms. The fraction of sp³-hybridized carbons (Fsp3) is 0.333. The minimum Gasteiger partial charge on any atom is -0.452 e. The quantitative estimate of drug-likeness (QED) is 0.337. The maximum absolute atomic E-state index is 13.5. The number of amides is 1. The molecule has 0 saturated carbocycles. The molecule has 0 fully saturated rings. The second-order valence-corrected chi connectivity index (χ2v) is 10.5. The van der Waals surface area contributed by atoms with E-state index >= 15 is 0 Å². The summed E-state index contributed by atoms with van der Waals surface area (Å²) in [5.41, 5.74) is 3.57. The highest BCUT2D eigenvalue weighted by atomic mass is 16.5. The van der Waals surface area contributed by atoms with Crippen molar-refractivity contribution in [3.63, 3.8) is 0 Å². The summed E-state index contributed by atoms with van der Waals surface area (Å²) in [7, 11) is 0. The van der Waals surface area contributed by atoms with Crippen LogP contribution in [0.5, 0.6) is 0 Å². The molecule has 196 valence electrons. The Kier molecular flexibility index (Phi) is 6.89. The minimum absolute atomic E-state index is 0.136. The fourth-order valence-corrected chi connectivity index (χ4v) is 5.20. The average molecular weight is 513 g/mol. The standard InChI is InChI=1S/C30H32N4O4/c1-4-30(2,3)19-14-15-24-22(16-19)28(21-12-8-9-13-23(21)31-24)29(37)38-18-26(35)32-25-17-27(36)34(33-25)20-10-6-5-7-11-20/h5-13,17,19,33H,4,14-16,18H2,1-3H3,(H,32,35). The summed E-state index contributed by atoms with van der Waals surface area (Å²) in [6.07, 6.45) is 3.62. The van der Waals surface area contributed by atoms with Crippen molar-refractivity contribution < 1.29 is 14.3 Å². The topological polar surface area (TPSA) is 106 Å². The molecule has 2 aromatic carbocycles. The van der Waals surface area contributed by atoms with E-state index in [0.29, 0.717) is 17.2 Å². The zero-order chi connectivity index (χ0) is 26.9. The van der Waals surface area contributed by atoms with Crippen molar-refractivity contribution in [2.45, 2.75) is 46.5 Å². The number of carbonyl (C=O) groups is 2. The van der Waals surface area contributed by atoms with Crippen LogP contribution in [0.25, 0.3) is 16.6 Å². The number of nitrogens with one attached hydrogen (secondary N) is 2. The maximum atomic E-state index is 13.5. The van der Waals surface area contributed by atoms with Gasteiger partial charge in [-0.25, -0.2) is 9.48 Å². The highest BCUT2D eigenvalue weighted by molar-refractivity contribution is 6.06. The Hall–Kier alpha value is -4.20. The van der Waals surface area contributed by atoms with Crippen LogP contribution in [0.1, 0.15) is 55.2 Å². The van der Waals surface area contributed by atoms with Crippen LogP contribution >= 0.6 is 0 Å². The third kappa shape index (κ3) is 4.98. The average Bonchev–Trinajstić information content (AvgIpc) is 3.29. The van der Waals surface area contributed by atoms with Crippen molar-refractivity contribution >= 4 is 28.6 Å². The first-order chi connectivity index (χ1) is 18.3. The van der Waals surface area contributed by atoms with Gasteiger partial charge < -0.3 is 10.1 Å². The number of para-hydroxylation sites is 2. The molecule has 1 aliphatic carbocycles. The summed E-state index contributed by atoms with van der Waals surface area (Å²) in [4.78, 5) is 43.3. The van der Waals surface area contributed by atoms with Crippen molar-refractivity contribution in [1.82, 2.24) is 14.8 Å². The molecule has 0 spiro atoms. The Morgan fingerprint density at radius 2 is 1.87 bits per heavy atom. The first-order valence-electron chi connectivity index (χ1n) is 13.0. The smallest absolute Gasteiger partial charge is 0.339 e. The van der Waals surface area contributed by atoms with Crippen LogP contribution in [0, 0.1) is 11.3 Å². The number of hydrogen-bond donors (Lipinski definition) is 2. The van der Waals surface area contributed by atoms with E-state index in [1.807, 2.05) is 42.5 Å². The number of H-pyrrole nitrogens is 1. The SMILES string of the molecule is CCC(C)(C)C1CCc2nc3ccccc3c(C(=O)OCC(=O)Nc3cc(=O)n(-c4ccccc4)[nH]3)c2C1. The summed E-state index contributed by atoms with van der Waals surface area (Å²) in [6.45, 7) is 6.26. The Bertz CT molecular complexity index is 1550. The third-order valence-electron chi connectivity index (χ3n) is 7.82. The van der Waals surface area contributed by atoms with Gasteiger partial charge >= 0.3 is 5.97 Å².